The van der Waals surface area contributed by atoms with E-state index in [1.807, 2.05) is 0 Å². The van der Waals surface area contributed by atoms with Crippen LogP contribution in [0.15, 0.2) is 46.8 Å². The van der Waals surface area contributed by atoms with Crippen molar-refractivity contribution in [1.29, 1.82) is 0 Å². The molecule has 0 aromatic heterocycles. The number of amidine groups is 1. The lowest BCUT2D eigenvalue weighted by atomic mass is 9.96. The number of benzene rings is 2. The van der Waals surface area contributed by atoms with Crippen molar-refractivity contribution in [3.8, 4) is 0 Å². The summed E-state index contributed by atoms with van der Waals surface area (Å²) in [5.74, 6) is -6.73. The molecule has 2 aromatic rings. The van der Waals surface area contributed by atoms with E-state index in [1.165, 1.54) is 6.07 Å². The van der Waals surface area contributed by atoms with Crippen LogP contribution in [0.2, 0.25) is 5.02 Å². The highest BCUT2D eigenvalue weighted by Gasteiger charge is 2.36. The standard InChI is InChI=1S/C19H13ClF4N2O3/c1-2-29-19(28)15-16(10-4-3-8(21)5-11(10)20)25-17(26-18(15)27)14-12(23)6-9(22)7-13(14)24/h3-7,16,28H,2H2,1H3,(H,25,26,27). The number of ether oxygens (including phenoxy) is 1. The largest absolute Gasteiger partial charge is 0.481 e. The molecule has 0 saturated carbocycles. The van der Waals surface area contributed by atoms with Crippen molar-refractivity contribution in [2.24, 2.45) is 4.99 Å². The molecule has 1 aliphatic heterocycles. The number of aliphatic imine (C=N–C) groups is 1. The highest BCUT2D eigenvalue weighted by molar-refractivity contribution is 6.31. The van der Waals surface area contributed by atoms with Crippen LogP contribution in [0.3, 0.4) is 0 Å². The molecule has 0 saturated heterocycles. The Hall–Kier alpha value is -3.07. The van der Waals surface area contributed by atoms with Crippen molar-refractivity contribution in [3.05, 3.63) is 81.3 Å². The molecular weight excluding hydrogens is 416 g/mol. The molecule has 0 fully saturated rings. The van der Waals surface area contributed by atoms with Gasteiger partial charge in [-0.05, 0) is 19.1 Å². The SMILES string of the molecule is CCOC(O)=C1C(=O)NC(c2c(F)cc(F)cc2F)=NC1c1ccc(F)cc1Cl. The highest BCUT2D eigenvalue weighted by Crippen LogP contribution is 2.36. The van der Waals surface area contributed by atoms with Crippen LogP contribution in [0.25, 0.3) is 0 Å². The van der Waals surface area contributed by atoms with Crippen LogP contribution in [0.5, 0.6) is 0 Å². The number of carbonyl (C=O) groups is 1. The highest BCUT2D eigenvalue weighted by atomic mass is 35.5. The van der Waals surface area contributed by atoms with Gasteiger partial charge in [-0.15, -0.1) is 0 Å². The summed E-state index contributed by atoms with van der Waals surface area (Å²) in [5, 5.41) is 12.1. The second-order valence-electron chi connectivity index (χ2n) is 5.90. The first-order valence-corrected chi connectivity index (χ1v) is 8.65. The van der Waals surface area contributed by atoms with Crippen molar-refractivity contribution in [3.63, 3.8) is 0 Å². The summed E-state index contributed by atoms with van der Waals surface area (Å²) < 4.78 is 60.0. The molecule has 1 unspecified atom stereocenters. The number of carbonyl (C=O) groups excluding carboxylic acids is 1. The summed E-state index contributed by atoms with van der Waals surface area (Å²) in [6, 6.07) is 2.68. The molecule has 29 heavy (non-hydrogen) atoms. The van der Waals surface area contributed by atoms with Gasteiger partial charge < -0.3 is 15.2 Å². The third-order valence-corrected chi connectivity index (χ3v) is 4.35. The van der Waals surface area contributed by atoms with E-state index in [-0.39, 0.29) is 17.2 Å². The number of hydrogen-bond acceptors (Lipinski definition) is 4. The maximum absolute atomic E-state index is 14.2. The summed E-state index contributed by atoms with van der Waals surface area (Å²) in [6.45, 7) is 1.56. The first-order chi connectivity index (χ1) is 13.7. The van der Waals surface area contributed by atoms with Gasteiger partial charge in [0.2, 0.25) is 0 Å². The molecule has 1 heterocycles. The third kappa shape index (κ3) is 4.04. The van der Waals surface area contributed by atoms with Crippen LogP contribution < -0.4 is 5.32 Å². The van der Waals surface area contributed by atoms with Gasteiger partial charge in [0.15, 0.2) is 0 Å². The second-order valence-corrected chi connectivity index (χ2v) is 6.30. The summed E-state index contributed by atoms with van der Waals surface area (Å²) in [4.78, 5) is 16.7. The minimum absolute atomic E-state index is 0.00424. The molecule has 152 valence electrons. The van der Waals surface area contributed by atoms with Gasteiger partial charge in [-0.25, -0.2) is 17.6 Å². The van der Waals surface area contributed by atoms with E-state index < -0.39 is 58.1 Å². The Kier molecular flexibility index (Phi) is 5.78. The van der Waals surface area contributed by atoms with E-state index in [2.05, 4.69) is 10.3 Å². The van der Waals surface area contributed by atoms with Crippen molar-refractivity contribution in [2.45, 2.75) is 13.0 Å². The zero-order valence-corrected chi connectivity index (χ0v) is 15.5. The minimum Gasteiger partial charge on any atom is -0.481 e. The second kappa shape index (κ2) is 8.12. The van der Waals surface area contributed by atoms with E-state index in [9.17, 15) is 27.5 Å². The molecule has 0 aliphatic carbocycles. The molecular formula is C19H13ClF4N2O3. The van der Waals surface area contributed by atoms with Crippen LogP contribution in [0, 0.1) is 23.3 Å². The Balaban J connectivity index is 2.24. The number of nitrogens with zero attached hydrogens (tertiary/aromatic N) is 1. The minimum atomic E-state index is -1.37. The van der Waals surface area contributed by atoms with Crippen LogP contribution in [0.4, 0.5) is 17.6 Å². The van der Waals surface area contributed by atoms with Crippen LogP contribution in [-0.4, -0.2) is 23.5 Å². The lowest BCUT2D eigenvalue weighted by Crippen LogP contribution is -2.40. The molecule has 5 nitrogen and oxygen atoms in total. The van der Waals surface area contributed by atoms with E-state index in [0.717, 1.165) is 12.1 Å². The topological polar surface area (TPSA) is 70.9 Å². The maximum Gasteiger partial charge on any atom is 0.288 e. The van der Waals surface area contributed by atoms with E-state index in [1.54, 1.807) is 6.92 Å². The first kappa shape index (κ1) is 20.7. The van der Waals surface area contributed by atoms with Crippen LogP contribution in [0.1, 0.15) is 24.1 Å². The third-order valence-electron chi connectivity index (χ3n) is 4.02. The van der Waals surface area contributed by atoms with Gasteiger partial charge in [-0.1, -0.05) is 17.7 Å². The van der Waals surface area contributed by atoms with Crippen LogP contribution >= 0.6 is 11.6 Å². The van der Waals surface area contributed by atoms with E-state index in [0.29, 0.717) is 12.1 Å². The Morgan fingerprint density at radius 1 is 1.17 bits per heavy atom. The van der Waals surface area contributed by atoms with Gasteiger partial charge in [0.05, 0.1) is 12.2 Å². The van der Waals surface area contributed by atoms with E-state index >= 15 is 0 Å². The molecule has 1 amide bonds. The fourth-order valence-corrected chi connectivity index (χ4v) is 3.07. The number of aliphatic hydroxyl groups excluding tert-OH is 1. The number of amides is 1. The summed E-state index contributed by atoms with van der Waals surface area (Å²) in [7, 11) is 0. The summed E-state index contributed by atoms with van der Waals surface area (Å²) >= 11 is 6.05. The van der Waals surface area contributed by atoms with Gasteiger partial charge in [-0.2, -0.15) is 0 Å². The first-order valence-electron chi connectivity index (χ1n) is 8.27. The van der Waals surface area contributed by atoms with Gasteiger partial charge in [-0.3, -0.25) is 9.79 Å². The Morgan fingerprint density at radius 2 is 1.83 bits per heavy atom. The van der Waals surface area contributed by atoms with Crippen molar-refractivity contribution >= 4 is 23.3 Å². The molecule has 1 atom stereocenters. The zero-order valence-electron chi connectivity index (χ0n) is 14.8. The summed E-state index contributed by atoms with van der Waals surface area (Å²) in [6.07, 6.45) is 0. The fourth-order valence-electron chi connectivity index (χ4n) is 2.80. The smallest absolute Gasteiger partial charge is 0.288 e. The predicted octanol–water partition coefficient (Wildman–Crippen LogP) is 4.32. The molecule has 1 aliphatic rings. The predicted molar refractivity (Wildman–Crippen MR) is 96.4 cm³/mol. The molecule has 0 bridgehead atoms. The van der Waals surface area contributed by atoms with Gasteiger partial charge in [0.1, 0.15) is 40.7 Å². The average Bonchev–Trinajstić information content (AvgIpc) is 2.60. The Bertz CT molecular complexity index is 1030. The normalized spacial score (nSPS) is 18.2. The lowest BCUT2D eigenvalue weighted by molar-refractivity contribution is -0.117. The Labute approximate surface area is 167 Å². The quantitative estimate of drug-likeness (QED) is 0.433. The molecule has 2 N–H and O–H groups in total. The monoisotopic (exact) mass is 428 g/mol. The molecule has 10 heteroatoms. The van der Waals surface area contributed by atoms with Gasteiger partial charge >= 0.3 is 0 Å². The summed E-state index contributed by atoms with van der Waals surface area (Å²) in [5.41, 5.74) is -1.10. The number of hydrogen-bond donors (Lipinski definition) is 2. The number of nitrogens with one attached hydrogen (secondary N) is 1. The number of aliphatic hydroxyl groups is 1. The maximum atomic E-state index is 14.2. The van der Waals surface area contributed by atoms with Crippen molar-refractivity contribution < 1.29 is 32.2 Å². The molecule has 0 spiro atoms. The average molecular weight is 429 g/mol. The zero-order chi connectivity index (χ0) is 21.3. The number of halogens is 5. The lowest BCUT2D eigenvalue weighted by Gasteiger charge is -2.25. The van der Waals surface area contributed by atoms with Crippen molar-refractivity contribution in [1.82, 2.24) is 5.32 Å². The van der Waals surface area contributed by atoms with Crippen LogP contribution in [-0.2, 0) is 9.53 Å². The molecule has 2 aromatic carbocycles. The molecule has 3 rings (SSSR count). The number of rotatable bonds is 4. The van der Waals surface area contributed by atoms with Crippen molar-refractivity contribution in [2.75, 3.05) is 6.61 Å². The van der Waals surface area contributed by atoms with Gasteiger partial charge in [0.25, 0.3) is 11.9 Å². The molecule has 0 radical (unpaired) electrons. The fraction of sp³-hybridized carbons (Fsp3) is 0.158. The van der Waals surface area contributed by atoms with Gasteiger partial charge in [0, 0.05) is 22.7 Å². The Morgan fingerprint density at radius 3 is 2.41 bits per heavy atom. The van der Waals surface area contributed by atoms with E-state index in [4.69, 9.17) is 16.3 Å².